The first-order chi connectivity index (χ1) is 5.11. The number of carbonyl (C=O) groups excluding carboxylic acids is 1. The molecule has 0 spiro atoms. The Labute approximate surface area is 86.1 Å². The summed E-state index contributed by atoms with van der Waals surface area (Å²) in [6.07, 6.45) is 0. The highest BCUT2D eigenvalue weighted by Crippen LogP contribution is 2.19. The molecule has 0 amide bonds. The van der Waals surface area contributed by atoms with E-state index >= 15 is 0 Å². The number of nitrogen functional groups attached to an aromatic ring is 1. The van der Waals surface area contributed by atoms with Crippen molar-refractivity contribution >= 4 is 46.5 Å². The quantitative estimate of drug-likeness (QED) is 0.591. The first-order valence-electron chi connectivity index (χ1n) is 2.86. The van der Waals surface area contributed by atoms with Gasteiger partial charge in [0.1, 0.15) is 0 Å². The highest BCUT2D eigenvalue weighted by molar-refractivity contribution is 6.68. The van der Waals surface area contributed by atoms with E-state index in [9.17, 15) is 4.79 Å². The predicted molar refractivity (Wildman–Crippen MR) is 53.3 cm³/mol. The molecule has 1 rings (SSSR count). The monoisotopic (exact) mass is 225 g/mol. The minimum absolute atomic E-state index is 0. The SMILES string of the molecule is Cl.Nc1cc(Cl)ccc1C(=O)Cl. The van der Waals surface area contributed by atoms with Gasteiger partial charge in [0.25, 0.3) is 5.24 Å². The van der Waals surface area contributed by atoms with E-state index in [1.54, 1.807) is 6.07 Å². The molecule has 12 heavy (non-hydrogen) atoms. The van der Waals surface area contributed by atoms with Crippen molar-refractivity contribution in [1.29, 1.82) is 0 Å². The second kappa shape index (κ2) is 4.55. The zero-order valence-electron chi connectivity index (χ0n) is 5.88. The van der Waals surface area contributed by atoms with E-state index in [1.807, 2.05) is 0 Å². The number of rotatable bonds is 1. The van der Waals surface area contributed by atoms with Crippen LogP contribution in [0.25, 0.3) is 0 Å². The molecule has 0 atom stereocenters. The van der Waals surface area contributed by atoms with Crippen LogP contribution in [0, 0.1) is 0 Å². The van der Waals surface area contributed by atoms with E-state index in [4.69, 9.17) is 28.9 Å². The Morgan fingerprint density at radius 1 is 1.42 bits per heavy atom. The standard InChI is InChI=1S/C7H5Cl2NO.ClH/c8-4-1-2-5(7(9)11)6(10)3-4;/h1-3H,10H2;1H. The number of hydrogen-bond donors (Lipinski definition) is 1. The average molecular weight is 226 g/mol. The summed E-state index contributed by atoms with van der Waals surface area (Å²) < 4.78 is 0. The third-order valence-corrected chi connectivity index (χ3v) is 1.66. The molecule has 5 heteroatoms. The summed E-state index contributed by atoms with van der Waals surface area (Å²) >= 11 is 10.8. The summed E-state index contributed by atoms with van der Waals surface area (Å²) in [6, 6.07) is 4.54. The maximum atomic E-state index is 10.6. The lowest BCUT2D eigenvalue weighted by atomic mass is 10.2. The number of halogens is 3. The van der Waals surface area contributed by atoms with Gasteiger partial charge in [0.05, 0.1) is 5.56 Å². The van der Waals surface area contributed by atoms with E-state index in [-0.39, 0.29) is 18.0 Å². The van der Waals surface area contributed by atoms with E-state index in [0.717, 1.165) is 0 Å². The third kappa shape index (κ3) is 2.55. The maximum Gasteiger partial charge on any atom is 0.254 e. The van der Waals surface area contributed by atoms with Crippen molar-refractivity contribution in [3.05, 3.63) is 28.8 Å². The van der Waals surface area contributed by atoms with Gasteiger partial charge >= 0.3 is 0 Å². The summed E-state index contributed by atoms with van der Waals surface area (Å²) in [6.45, 7) is 0. The molecule has 0 saturated carbocycles. The summed E-state index contributed by atoms with van der Waals surface area (Å²) in [5.74, 6) is 0. The fraction of sp³-hybridized carbons (Fsp3) is 0. The van der Waals surface area contributed by atoms with Crippen LogP contribution in [0.1, 0.15) is 10.4 Å². The summed E-state index contributed by atoms with van der Waals surface area (Å²) in [7, 11) is 0. The number of carbonyl (C=O) groups is 1. The second-order valence-electron chi connectivity index (χ2n) is 2.01. The van der Waals surface area contributed by atoms with Gasteiger partial charge in [-0.05, 0) is 29.8 Å². The number of hydrogen-bond acceptors (Lipinski definition) is 2. The van der Waals surface area contributed by atoms with Crippen LogP contribution < -0.4 is 5.73 Å². The van der Waals surface area contributed by atoms with E-state index in [2.05, 4.69) is 0 Å². The Balaban J connectivity index is 0.00000121. The van der Waals surface area contributed by atoms with E-state index in [1.165, 1.54) is 12.1 Å². The minimum Gasteiger partial charge on any atom is -0.398 e. The predicted octanol–water partition coefficient (Wildman–Crippen LogP) is 2.72. The lowest BCUT2D eigenvalue weighted by Gasteiger charge is -1.98. The molecule has 0 aromatic heterocycles. The van der Waals surface area contributed by atoms with Gasteiger partial charge < -0.3 is 5.73 Å². The number of benzene rings is 1. The lowest BCUT2D eigenvalue weighted by molar-refractivity contribution is 0.108. The first kappa shape index (κ1) is 11.6. The average Bonchev–Trinajstić information content (AvgIpc) is 1.85. The molecule has 0 fully saturated rings. The Morgan fingerprint density at radius 2 is 2.00 bits per heavy atom. The van der Waals surface area contributed by atoms with Gasteiger partial charge in [-0.2, -0.15) is 0 Å². The van der Waals surface area contributed by atoms with Gasteiger partial charge in [0.15, 0.2) is 0 Å². The van der Waals surface area contributed by atoms with Gasteiger partial charge in [-0.15, -0.1) is 12.4 Å². The van der Waals surface area contributed by atoms with Crippen molar-refractivity contribution in [2.24, 2.45) is 0 Å². The highest BCUT2D eigenvalue weighted by Gasteiger charge is 2.05. The van der Waals surface area contributed by atoms with Crippen LogP contribution in [0.2, 0.25) is 5.02 Å². The van der Waals surface area contributed by atoms with Gasteiger partial charge in [0.2, 0.25) is 0 Å². The van der Waals surface area contributed by atoms with Crippen LogP contribution in [0.4, 0.5) is 5.69 Å². The van der Waals surface area contributed by atoms with Crippen LogP contribution in [0.3, 0.4) is 0 Å². The molecule has 0 aliphatic carbocycles. The fourth-order valence-electron chi connectivity index (χ4n) is 0.713. The minimum atomic E-state index is -0.570. The molecular weight excluding hydrogens is 220 g/mol. The Kier molecular flexibility index (Phi) is 4.39. The molecule has 2 N–H and O–H groups in total. The van der Waals surface area contributed by atoms with E-state index in [0.29, 0.717) is 10.7 Å². The summed E-state index contributed by atoms with van der Waals surface area (Å²) in [5, 5.41) is -0.0802. The van der Waals surface area contributed by atoms with Crippen LogP contribution in [0.5, 0.6) is 0 Å². The molecule has 1 aromatic carbocycles. The van der Waals surface area contributed by atoms with Gasteiger partial charge in [-0.3, -0.25) is 4.79 Å². The zero-order valence-corrected chi connectivity index (χ0v) is 8.21. The van der Waals surface area contributed by atoms with Crippen molar-refractivity contribution in [3.8, 4) is 0 Å². The van der Waals surface area contributed by atoms with Crippen molar-refractivity contribution in [2.45, 2.75) is 0 Å². The molecule has 0 radical (unpaired) electrons. The van der Waals surface area contributed by atoms with Crippen molar-refractivity contribution < 1.29 is 4.79 Å². The van der Waals surface area contributed by atoms with Crippen molar-refractivity contribution in [1.82, 2.24) is 0 Å². The molecule has 0 aliphatic heterocycles. The normalized spacial score (nSPS) is 8.83. The molecule has 0 saturated heterocycles. The van der Waals surface area contributed by atoms with Gasteiger partial charge in [-0.25, -0.2) is 0 Å². The molecule has 0 unspecified atom stereocenters. The molecule has 0 aliphatic rings. The molecule has 2 nitrogen and oxygen atoms in total. The fourth-order valence-corrected chi connectivity index (χ4v) is 1.07. The van der Waals surface area contributed by atoms with E-state index < -0.39 is 5.24 Å². The summed E-state index contributed by atoms with van der Waals surface area (Å²) in [5.41, 5.74) is 6.02. The van der Waals surface area contributed by atoms with Crippen LogP contribution in [-0.4, -0.2) is 5.24 Å². The van der Waals surface area contributed by atoms with Crippen LogP contribution in [-0.2, 0) is 0 Å². The second-order valence-corrected chi connectivity index (χ2v) is 2.78. The van der Waals surface area contributed by atoms with Gasteiger partial charge in [-0.1, -0.05) is 11.6 Å². The molecule has 0 bridgehead atoms. The van der Waals surface area contributed by atoms with Crippen LogP contribution >= 0.6 is 35.6 Å². The molecule has 1 aromatic rings. The first-order valence-corrected chi connectivity index (χ1v) is 3.61. The van der Waals surface area contributed by atoms with Crippen molar-refractivity contribution in [3.63, 3.8) is 0 Å². The molecular formula is C7H6Cl3NO. The summed E-state index contributed by atoms with van der Waals surface area (Å²) in [4.78, 5) is 10.6. The van der Waals surface area contributed by atoms with Crippen molar-refractivity contribution in [2.75, 3.05) is 5.73 Å². The topological polar surface area (TPSA) is 43.1 Å². The maximum absolute atomic E-state index is 10.6. The Morgan fingerprint density at radius 3 is 2.42 bits per heavy atom. The third-order valence-electron chi connectivity index (χ3n) is 1.23. The molecule has 66 valence electrons. The smallest absolute Gasteiger partial charge is 0.254 e. The number of nitrogens with two attached hydrogens (primary N) is 1. The lowest BCUT2D eigenvalue weighted by Crippen LogP contribution is -1.96. The number of anilines is 1. The van der Waals surface area contributed by atoms with Gasteiger partial charge in [0, 0.05) is 10.7 Å². The van der Waals surface area contributed by atoms with Crippen LogP contribution in [0.15, 0.2) is 18.2 Å². The Bertz CT molecular complexity index is 301. The highest BCUT2D eigenvalue weighted by atomic mass is 35.5. The Hall–Kier alpha value is -0.440. The molecule has 0 heterocycles. The zero-order chi connectivity index (χ0) is 8.43. The largest absolute Gasteiger partial charge is 0.398 e.